The normalized spacial score (nSPS) is 12.1. The van der Waals surface area contributed by atoms with Gasteiger partial charge in [0.15, 0.2) is 0 Å². The molecule has 1 heterocycles. The smallest absolute Gasteiger partial charge is 0.419 e. The van der Waals surface area contributed by atoms with Crippen LogP contribution in [0.4, 0.5) is 18.0 Å². The maximum Gasteiger partial charge on any atom is 0.419 e. The lowest BCUT2D eigenvalue weighted by atomic mass is 10.0. The van der Waals surface area contributed by atoms with Crippen molar-refractivity contribution in [1.82, 2.24) is 4.57 Å². The van der Waals surface area contributed by atoms with Gasteiger partial charge in [-0.25, -0.2) is 9.59 Å². The van der Waals surface area contributed by atoms with E-state index in [1.807, 2.05) is 0 Å². The molecule has 0 aliphatic carbocycles. The number of hydrogen-bond acceptors (Lipinski definition) is 4. The van der Waals surface area contributed by atoms with E-state index >= 15 is 0 Å². The molecule has 0 aliphatic rings. The first kappa shape index (κ1) is 21.4. The average Bonchev–Trinajstić information content (AvgIpc) is 3.04. The minimum atomic E-state index is -4.50. The number of nitrogens with zero attached hydrogens (tertiary/aromatic N) is 1. The lowest BCUT2D eigenvalue weighted by Crippen LogP contribution is -2.26. The highest BCUT2D eigenvalue weighted by atomic mass is 19.4. The summed E-state index contributed by atoms with van der Waals surface area (Å²) >= 11 is 0. The molecule has 2 aromatic carbocycles. The summed E-state index contributed by atoms with van der Waals surface area (Å²) in [5.41, 5.74) is -0.391. The first-order chi connectivity index (χ1) is 13.9. The highest BCUT2D eigenvalue weighted by Gasteiger charge is 2.31. The third-order valence-corrected chi connectivity index (χ3v) is 4.32. The Morgan fingerprint density at radius 3 is 2.30 bits per heavy atom. The van der Waals surface area contributed by atoms with Crippen LogP contribution in [0.5, 0.6) is 0 Å². The highest BCUT2D eigenvalue weighted by Crippen LogP contribution is 2.36. The quantitative estimate of drug-likeness (QED) is 0.486. The maximum absolute atomic E-state index is 13.2. The summed E-state index contributed by atoms with van der Waals surface area (Å²) in [4.78, 5) is 24.7. The Balaban J connectivity index is 2.23. The lowest BCUT2D eigenvalue weighted by molar-refractivity contribution is -0.137. The molecular weight excluding hydrogens is 399 g/mol. The van der Waals surface area contributed by atoms with Crippen molar-refractivity contribution < 1.29 is 32.2 Å². The van der Waals surface area contributed by atoms with Crippen LogP contribution in [0.1, 0.15) is 36.7 Å². The summed E-state index contributed by atoms with van der Waals surface area (Å²) < 4.78 is 50.8. The fourth-order valence-electron chi connectivity index (χ4n) is 3.03. The van der Waals surface area contributed by atoms with E-state index in [1.165, 1.54) is 42.1 Å². The van der Waals surface area contributed by atoms with Gasteiger partial charge in [-0.3, -0.25) is 4.57 Å². The number of carbonyl (C=O) groups is 2. The number of rotatable bonds is 2. The van der Waals surface area contributed by atoms with Gasteiger partial charge in [0, 0.05) is 17.1 Å². The molecule has 5 nitrogen and oxygen atoms in total. The first-order valence-electron chi connectivity index (χ1n) is 9.05. The van der Waals surface area contributed by atoms with Gasteiger partial charge in [0.05, 0.1) is 23.8 Å². The summed E-state index contributed by atoms with van der Waals surface area (Å²) in [5.74, 6) is -0.602. The van der Waals surface area contributed by atoms with Crippen molar-refractivity contribution in [2.45, 2.75) is 32.5 Å². The zero-order chi connectivity index (χ0) is 22.3. The number of halogens is 3. The summed E-state index contributed by atoms with van der Waals surface area (Å²) in [7, 11) is 1.23. The van der Waals surface area contributed by atoms with Crippen LogP contribution in [0.2, 0.25) is 0 Å². The molecule has 0 saturated carbocycles. The molecule has 0 radical (unpaired) electrons. The minimum absolute atomic E-state index is 0.198. The van der Waals surface area contributed by atoms with Crippen LogP contribution in [0.3, 0.4) is 0 Å². The molecule has 8 heteroatoms. The van der Waals surface area contributed by atoms with Crippen molar-refractivity contribution in [3.05, 3.63) is 59.8 Å². The van der Waals surface area contributed by atoms with Gasteiger partial charge < -0.3 is 9.47 Å². The predicted octanol–water partition coefficient (Wildman–Crippen LogP) is 5.90. The number of ether oxygens (including phenoxy) is 2. The zero-order valence-corrected chi connectivity index (χ0v) is 16.8. The molecule has 0 spiro atoms. The van der Waals surface area contributed by atoms with E-state index in [0.29, 0.717) is 16.5 Å². The Bertz CT molecular complexity index is 1120. The summed E-state index contributed by atoms with van der Waals surface area (Å²) in [6.45, 7) is 5.10. The molecule has 0 aliphatic heterocycles. The summed E-state index contributed by atoms with van der Waals surface area (Å²) in [6, 6.07) is 9.33. The fraction of sp³-hybridized carbons (Fsp3) is 0.273. The number of carbonyl (C=O) groups excluding carboxylic acids is 2. The maximum atomic E-state index is 13.2. The number of benzene rings is 2. The molecule has 3 aromatic rings. The second-order valence-corrected chi connectivity index (χ2v) is 7.70. The van der Waals surface area contributed by atoms with Gasteiger partial charge in [0.2, 0.25) is 0 Å². The second kappa shape index (κ2) is 7.51. The number of aromatic nitrogens is 1. The fourth-order valence-corrected chi connectivity index (χ4v) is 3.03. The molecule has 158 valence electrons. The SMILES string of the molecule is COC(=O)c1ccc2c(-c3cccc(C(F)(F)F)c3)cn(C(=O)OC(C)(C)C)c2c1. The van der Waals surface area contributed by atoms with Crippen LogP contribution in [0.15, 0.2) is 48.7 Å². The Labute approximate surface area is 171 Å². The van der Waals surface area contributed by atoms with E-state index in [-0.39, 0.29) is 11.1 Å². The Morgan fingerprint density at radius 1 is 1.00 bits per heavy atom. The third kappa shape index (κ3) is 4.32. The second-order valence-electron chi connectivity index (χ2n) is 7.70. The van der Waals surface area contributed by atoms with E-state index < -0.39 is 29.4 Å². The van der Waals surface area contributed by atoms with E-state index in [4.69, 9.17) is 9.47 Å². The number of methoxy groups -OCH3 is 1. The third-order valence-electron chi connectivity index (χ3n) is 4.32. The number of hydrogen-bond donors (Lipinski definition) is 0. The summed E-state index contributed by atoms with van der Waals surface area (Å²) in [6.07, 6.45) is -3.81. The number of esters is 1. The molecule has 0 fully saturated rings. The number of alkyl halides is 3. The number of fused-ring (bicyclic) bond motifs is 1. The van der Waals surface area contributed by atoms with Crippen molar-refractivity contribution in [3.63, 3.8) is 0 Å². The van der Waals surface area contributed by atoms with Crippen LogP contribution < -0.4 is 0 Å². The van der Waals surface area contributed by atoms with Crippen LogP contribution in [0.25, 0.3) is 22.0 Å². The molecule has 3 rings (SSSR count). The van der Waals surface area contributed by atoms with E-state index in [1.54, 1.807) is 26.8 Å². The lowest BCUT2D eigenvalue weighted by Gasteiger charge is -2.19. The van der Waals surface area contributed by atoms with Crippen molar-refractivity contribution in [2.24, 2.45) is 0 Å². The average molecular weight is 419 g/mol. The van der Waals surface area contributed by atoms with Gasteiger partial charge in [-0.05, 0) is 50.6 Å². The topological polar surface area (TPSA) is 57.5 Å². The van der Waals surface area contributed by atoms with Gasteiger partial charge in [-0.2, -0.15) is 13.2 Å². The van der Waals surface area contributed by atoms with Crippen LogP contribution in [0, 0.1) is 0 Å². The Morgan fingerprint density at radius 2 is 1.70 bits per heavy atom. The van der Waals surface area contributed by atoms with Crippen molar-refractivity contribution in [3.8, 4) is 11.1 Å². The molecule has 1 aromatic heterocycles. The highest BCUT2D eigenvalue weighted by molar-refractivity contribution is 6.03. The van der Waals surface area contributed by atoms with Gasteiger partial charge in [0.25, 0.3) is 0 Å². The van der Waals surface area contributed by atoms with Crippen LogP contribution in [-0.2, 0) is 15.7 Å². The molecule has 0 amide bonds. The van der Waals surface area contributed by atoms with E-state index in [9.17, 15) is 22.8 Å². The van der Waals surface area contributed by atoms with Crippen LogP contribution >= 0.6 is 0 Å². The minimum Gasteiger partial charge on any atom is -0.465 e. The van der Waals surface area contributed by atoms with Crippen molar-refractivity contribution >= 4 is 23.0 Å². The largest absolute Gasteiger partial charge is 0.465 e. The predicted molar refractivity (Wildman–Crippen MR) is 105 cm³/mol. The van der Waals surface area contributed by atoms with E-state index in [2.05, 4.69) is 0 Å². The first-order valence-corrected chi connectivity index (χ1v) is 9.05. The molecule has 0 unspecified atom stereocenters. The Kier molecular flexibility index (Phi) is 5.36. The van der Waals surface area contributed by atoms with Gasteiger partial charge in [-0.1, -0.05) is 18.2 Å². The van der Waals surface area contributed by atoms with Gasteiger partial charge in [-0.15, -0.1) is 0 Å². The monoisotopic (exact) mass is 419 g/mol. The molecular formula is C22H20F3NO4. The van der Waals surface area contributed by atoms with Crippen molar-refractivity contribution in [1.29, 1.82) is 0 Å². The summed E-state index contributed by atoms with van der Waals surface area (Å²) in [5, 5.41) is 0.493. The standard InChI is InChI=1S/C22H20F3NO4/c1-21(2,3)30-20(28)26-12-17(13-6-5-7-15(10-13)22(23,24)25)16-9-8-14(11-18(16)26)19(27)29-4/h5-12H,1-4H3. The molecule has 0 bridgehead atoms. The Hall–Kier alpha value is -3.29. The zero-order valence-electron chi connectivity index (χ0n) is 16.8. The van der Waals surface area contributed by atoms with E-state index in [0.717, 1.165) is 12.1 Å². The van der Waals surface area contributed by atoms with Gasteiger partial charge >= 0.3 is 18.2 Å². The molecule has 0 N–H and O–H groups in total. The van der Waals surface area contributed by atoms with Gasteiger partial charge in [0.1, 0.15) is 5.60 Å². The molecule has 30 heavy (non-hydrogen) atoms. The van der Waals surface area contributed by atoms with Crippen LogP contribution in [-0.4, -0.2) is 29.3 Å². The molecule has 0 saturated heterocycles. The molecule has 0 atom stereocenters. The van der Waals surface area contributed by atoms with Crippen molar-refractivity contribution in [2.75, 3.05) is 7.11 Å².